The molecule has 0 spiro atoms. The van der Waals surface area contributed by atoms with Crippen molar-refractivity contribution in [3.05, 3.63) is 64.9 Å². The lowest BCUT2D eigenvalue weighted by Crippen LogP contribution is -2.20. The molecule has 2 rings (SSSR count). The van der Waals surface area contributed by atoms with Crippen LogP contribution in [0.15, 0.2) is 48.5 Å². The molecule has 6 heteroatoms. The number of hydrogen-bond donors (Lipinski definition) is 1. The van der Waals surface area contributed by atoms with Gasteiger partial charge in [-0.15, -0.1) is 0 Å². The van der Waals surface area contributed by atoms with Crippen molar-refractivity contribution >= 4 is 17.3 Å². The first kappa shape index (κ1) is 15.6. The lowest BCUT2D eigenvalue weighted by Gasteiger charge is -2.22. The van der Waals surface area contributed by atoms with Crippen LogP contribution in [0.4, 0.5) is 23.2 Å². The first-order valence-corrected chi connectivity index (χ1v) is 6.56. The Morgan fingerprint density at radius 2 is 1.71 bits per heavy atom. The number of nitrogens with one attached hydrogen (secondary N) is 1. The molecule has 2 aromatic carbocycles. The maximum Gasteiger partial charge on any atom is 0.391 e. The fourth-order valence-corrected chi connectivity index (χ4v) is 2.14. The molecular formula is C15H12ClF4N. The first-order valence-electron chi connectivity index (χ1n) is 6.18. The molecule has 112 valence electrons. The zero-order valence-corrected chi connectivity index (χ0v) is 11.5. The molecule has 0 fully saturated rings. The predicted octanol–water partition coefficient (Wildman–Crippen LogP) is 5.58. The van der Waals surface area contributed by atoms with Crippen molar-refractivity contribution in [1.82, 2.24) is 0 Å². The zero-order valence-electron chi connectivity index (χ0n) is 10.8. The molecule has 21 heavy (non-hydrogen) atoms. The normalized spacial score (nSPS) is 13.0. The SMILES string of the molecule is Fc1ccc(Cl)cc1NC(CC(F)(F)F)c1ccccc1. The second-order valence-electron chi connectivity index (χ2n) is 4.55. The Morgan fingerprint density at radius 3 is 2.33 bits per heavy atom. The third kappa shape index (κ3) is 4.63. The molecule has 2 aromatic rings. The van der Waals surface area contributed by atoms with E-state index >= 15 is 0 Å². The molecule has 1 N–H and O–H groups in total. The summed E-state index contributed by atoms with van der Waals surface area (Å²) in [7, 11) is 0. The molecule has 0 bridgehead atoms. The van der Waals surface area contributed by atoms with Gasteiger partial charge in [-0.3, -0.25) is 0 Å². The van der Waals surface area contributed by atoms with E-state index in [1.807, 2.05) is 0 Å². The molecule has 0 radical (unpaired) electrons. The second kappa shape index (κ2) is 6.35. The Balaban J connectivity index is 2.30. The number of hydrogen-bond acceptors (Lipinski definition) is 1. The van der Waals surface area contributed by atoms with Gasteiger partial charge in [0.15, 0.2) is 0 Å². The van der Waals surface area contributed by atoms with Gasteiger partial charge in [-0.1, -0.05) is 41.9 Å². The third-order valence-corrected chi connectivity index (χ3v) is 3.13. The average molecular weight is 318 g/mol. The smallest absolute Gasteiger partial charge is 0.375 e. The molecule has 0 saturated heterocycles. The van der Waals surface area contributed by atoms with Crippen LogP contribution in [0.3, 0.4) is 0 Å². The highest BCUT2D eigenvalue weighted by atomic mass is 35.5. The van der Waals surface area contributed by atoms with Crippen LogP contribution in [0.2, 0.25) is 5.02 Å². The quantitative estimate of drug-likeness (QED) is 0.725. The molecule has 0 amide bonds. The highest BCUT2D eigenvalue weighted by Gasteiger charge is 2.33. The van der Waals surface area contributed by atoms with Crippen molar-refractivity contribution < 1.29 is 17.6 Å². The molecular weight excluding hydrogens is 306 g/mol. The first-order chi connectivity index (χ1) is 9.85. The lowest BCUT2D eigenvalue weighted by atomic mass is 10.0. The molecule has 0 aromatic heterocycles. The maximum atomic E-state index is 13.7. The van der Waals surface area contributed by atoms with Crippen LogP contribution < -0.4 is 5.32 Å². The van der Waals surface area contributed by atoms with Crippen LogP contribution in [0.25, 0.3) is 0 Å². The van der Waals surface area contributed by atoms with Gasteiger partial charge < -0.3 is 5.32 Å². The van der Waals surface area contributed by atoms with Crippen molar-refractivity contribution in [2.75, 3.05) is 5.32 Å². The minimum Gasteiger partial charge on any atom is -0.375 e. The summed E-state index contributed by atoms with van der Waals surface area (Å²) >= 11 is 5.75. The van der Waals surface area contributed by atoms with Crippen molar-refractivity contribution in [2.24, 2.45) is 0 Å². The maximum absolute atomic E-state index is 13.7. The molecule has 1 nitrogen and oxygen atoms in total. The third-order valence-electron chi connectivity index (χ3n) is 2.90. The van der Waals surface area contributed by atoms with Gasteiger partial charge in [-0.25, -0.2) is 4.39 Å². The van der Waals surface area contributed by atoms with Gasteiger partial charge in [-0.2, -0.15) is 13.2 Å². The summed E-state index contributed by atoms with van der Waals surface area (Å²) in [5, 5.41) is 2.83. The van der Waals surface area contributed by atoms with Gasteiger partial charge in [0.25, 0.3) is 0 Å². The predicted molar refractivity (Wildman–Crippen MR) is 74.9 cm³/mol. The Bertz CT molecular complexity index is 598. The minimum absolute atomic E-state index is 0.0550. The van der Waals surface area contributed by atoms with Crippen molar-refractivity contribution in [3.63, 3.8) is 0 Å². The van der Waals surface area contributed by atoms with Crippen LogP contribution in [0, 0.1) is 5.82 Å². The summed E-state index contributed by atoms with van der Waals surface area (Å²) in [6.45, 7) is 0. The van der Waals surface area contributed by atoms with Crippen LogP contribution in [-0.2, 0) is 0 Å². The van der Waals surface area contributed by atoms with E-state index in [4.69, 9.17) is 11.6 Å². The molecule has 0 aliphatic carbocycles. The highest BCUT2D eigenvalue weighted by molar-refractivity contribution is 6.30. The molecule has 1 unspecified atom stereocenters. The van der Waals surface area contributed by atoms with Crippen LogP contribution in [-0.4, -0.2) is 6.18 Å². The van der Waals surface area contributed by atoms with Gasteiger partial charge in [-0.05, 0) is 23.8 Å². The summed E-state index contributed by atoms with van der Waals surface area (Å²) in [4.78, 5) is 0. The average Bonchev–Trinajstić information content (AvgIpc) is 2.42. The van der Waals surface area contributed by atoms with Gasteiger partial charge in [0.05, 0.1) is 18.2 Å². The van der Waals surface area contributed by atoms with Crippen molar-refractivity contribution in [3.8, 4) is 0 Å². The van der Waals surface area contributed by atoms with Crippen molar-refractivity contribution in [2.45, 2.75) is 18.6 Å². The topological polar surface area (TPSA) is 12.0 Å². The Morgan fingerprint density at radius 1 is 1.05 bits per heavy atom. The van der Waals surface area contributed by atoms with E-state index in [0.29, 0.717) is 5.56 Å². The fraction of sp³-hybridized carbons (Fsp3) is 0.200. The minimum atomic E-state index is -4.37. The van der Waals surface area contributed by atoms with E-state index in [-0.39, 0.29) is 10.7 Å². The van der Waals surface area contributed by atoms with E-state index in [0.717, 1.165) is 6.07 Å². The number of halogens is 5. The number of alkyl halides is 3. The largest absolute Gasteiger partial charge is 0.391 e. The summed E-state index contributed by atoms with van der Waals surface area (Å²) in [6, 6.07) is 10.7. The number of rotatable bonds is 4. The fourth-order valence-electron chi connectivity index (χ4n) is 1.96. The Kier molecular flexibility index (Phi) is 4.73. The Labute approximate surface area is 124 Å². The zero-order chi connectivity index (χ0) is 15.5. The van der Waals surface area contributed by atoms with E-state index in [1.54, 1.807) is 30.3 Å². The standard InChI is InChI=1S/C15H12ClF4N/c16-11-6-7-12(17)13(8-11)21-14(9-15(18,19)20)10-4-2-1-3-5-10/h1-8,14,21H,9H2. The monoisotopic (exact) mass is 317 g/mol. The molecule has 1 atom stereocenters. The van der Waals surface area contributed by atoms with Crippen molar-refractivity contribution in [1.29, 1.82) is 0 Å². The van der Waals surface area contributed by atoms with Crippen LogP contribution in [0.1, 0.15) is 18.0 Å². The number of anilines is 1. The molecule has 0 saturated carbocycles. The van der Waals surface area contributed by atoms with E-state index < -0.39 is 24.5 Å². The van der Waals surface area contributed by atoms with Gasteiger partial charge in [0.2, 0.25) is 0 Å². The second-order valence-corrected chi connectivity index (χ2v) is 4.99. The Hall–Kier alpha value is -1.75. The van der Waals surface area contributed by atoms with E-state index in [9.17, 15) is 17.6 Å². The van der Waals surface area contributed by atoms with Gasteiger partial charge >= 0.3 is 6.18 Å². The number of benzene rings is 2. The summed E-state index contributed by atoms with van der Waals surface area (Å²) in [5.41, 5.74) is 0.370. The van der Waals surface area contributed by atoms with Crippen LogP contribution >= 0.6 is 11.6 Å². The van der Waals surface area contributed by atoms with E-state index in [2.05, 4.69) is 5.32 Å². The van der Waals surface area contributed by atoms with E-state index in [1.165, 1.54) is 12.1 Å². The summed E-state index contributed by atoms with van der Waals surface area (Å²) in [5.74, 6) is -0.650. The molecule has 0 aliphatic rings. The van der Waals surface area contributed by atoms with Crippen LogP contribution in [0.5, 0.6) is 0 Å². The molecule has 0 heterocycles. The highest BCUT2D eigenvalue weighted by Crippen LogP contribution is 2.33. The summed E-state index contributed by atoms with van der Waals surface area (Å²) < 4.78 is 51.8. The lowest BCUT2D eigenvalue weighted by molar-refractivity contribution is -0.137. The van der Waals surface area contributed by atoms with Gasteiger partial charge in [0.1, 0.15) is 5.82 Å². The molecule has 0 aliphatic heterocycles. The van der Waals surface area contributed by atoms with Gasteiger partial charge in [0, 0.05) is 5.02 Å². The summed E-state index contributed by atoms with van der Waals surface area (Å²) in [6.07, 6.45) is -5.48.